The zero-order chi connectivity index (χ0) is 12.3. The number of likely N-dealkylation sites (tertiary alicyclic amines) is 1. The first kappa shape index (κ1) is 12.1. The largest absolute Gasteiger partial charge is 0.550 e. The summed E-state index contributed by atoms with van der Waals surface area (Å²) in [6, 6.07) is 8.43. The Morgan fingerprint density at radius 3 is 3.06 bits per heavy atom. The molecule has 92 valence electrons. The normalized spacial score (nSPS) is 24.5. The first-order valence-corrected chi connectivity index (χ1v) is 6.25. The Balaban J connectivity index is 1.97. The number of rotatable bonds is 3. The first-order chi connectivity index (χ1) is 8.15. The molecule has 0 aliphatic carbocycles. The zero-order valence-corrected chi connectivity index (χ0v) is 10.2. The van der Waals surface area contributed by atoms with E-state index < -0.39 is 5.97 Å². The van der Waals surface area contributed by atoms with Gasteiger partial charge in [0.25, 0.3) is 0 Å². The average molecular weight is 233 g/mol. The molecule has 1 aromatic rings. The molecule has 1 aliphatic heterocycles. The number of carboxylic acids is 1. The molecule has 0 saturated carbocycles. The smallest absolute Gasteiger partial charge is 0.103 e. The van der Waals surface area contributed by atoms with Crippen molar-refractivity contribution in [1.82, 2.24) is 0 Å². The van der Waals surface area contributed by atoms with Crippen molar-refractivity contribution in [2.45, 2.75) is 26.3 Å². The summed E-state index contributed by atoms with van der Waals surface area (Å²) < 4.78 is 0. The molecule has 0 radical (unpaired) electrons. The number of hydrogen-bond donors (Lipinski definition) is 1. The van der Waals surface area contributed by atoms with Crippen molar-refractivity contribution in [1.29, 1.82) is 0 Å². The summed E-state index contributed by atoms with van der Waals surface area (Å²) in [5.74, 6) is -1.14. The highest BCUT2D eigenvalue weighted by atomic mass is 16.4. The van der Waals surface area contributed by atoms with Gasteiger partial charge in [-0.1, -0.05) is 29.8 Å². The van der Waals surface area contributed by atoms with Crippen LogP contribution >= 0.6 is 0 Å². The molecule has 3 heteroatoms. The molecule has 17 heavy (non-hydrogen) atoms. The molecule has 2 atom stereocenters. The number of carbonyl (C=O) groups excluding carboxylic acids is 1. The summed E-state index contributed by atoms with van der Waals surface area (Å²) in [5, 5.41) is 10.9. The van der Waals surface area contributed by atoms with Gasteiger partial charge in [0.2, 0.25) is 0 Å². The SMILES string of the molecule is Cc1cccc(C[NH+]2CCC[C@H](C(=O)[O-])C2)c1. The van der Waals surface area contributed by atoms with Gasteiger partial charge in [-0.15, -0.1) is 0 Å². The van der Waals surface area contributed by atoms with E-state index in [4.69, 9.17) is 0 Å². The van der Waals surface area contributed by atoms with Crippen LogP contribution in [0.25, 0.3) is 0 Å². The summed E-state index contributed by atoms with van der Waals surface area (Å²) in [6.07, 6.45) is 1.76. The molecule has 3 nitrogen and oxygen atoms in total. The predicted molar refractivity (Wildman–Crippen MR) is 63.3 cm³/mol. The second-order valence-electron chi connectivity index (χ2n) is 5.03. The Morgan fingerprint density at radius 1 is 1.53 bits per heavy atom. The van der Waals surface area contributed by atoms with E-state index in [1.54, 1.807) is 0 Å². The number of hydrogen-bond acceptors (Lipinski definition) is 2. The Bertz CT molecular complexity index is 403. The van der Waals surface area contributed by atoms with Crippen LogP contribution in [0.4, 0.5) is 0 Å². The minimum absolute atomic E-state index is 0.261. The number of carbonyl (C=O) groups is 1. The fourth-order valence-corrected chi connectivity index (χ4v) is 2.62. The number of nitrogens with one attached hydrogen (secondary N) is 1. The Hall–Kier alpha value is -1.35. The van der Waals surface area contributed by atoms with Crippen molar-refractivity contribution in [3.63, 3.8) is 0 Å². The lowest BCUT2D eigenvalue weighted by Crippen LogP contribution is -3.12. The van der Waals surface area contributed by atoms with Gasteiger partial charge in [0.1, 0.15) is 6.54 Å². The lowest BCUT2D eigenvalue weighted by molar-refractivity contribution is -0.921. The third-order valence-corrected chi connectivity index (χ3v) is 3.49. The molecule has 0 spiro atoms. The maximum absolute atomic E-state index is 10.9. The summed E-state index contributed by atoms with van der Waals surface area (Å²) in [5.41, 5.74) is 2.55. The number of aryl methyl sites for hydroxylation is 1. The third-order valence-electron chi connectivity index (χ3n) is 3.49. The predicted octanol–water partition coefficient (Wildman–Crippen LogP) is -0.460. The van der Waals surface area contributed by atoms with Crippen LogP contribution < -0.4 is 10.0 Å². The minimum Gasteiger partial charge on any atom is -0.550 e. The van der Waals surface area contributed by atoms with Gasteiger partial charge in [-0.3, -0.25) is 0 Å². The van der Waals surface area contributed by atoms with Crippen LogP contribution in [0, 0.1) is 12.8 Å². The lowest BCUT2D eigenvalue weighted by atomic mass is 9.98. The summed E-state index contributed by atoms with van der Waals surface area (Å²) in [4.78, 5) is 12.2. The molecule has 1 heterocycles. The number of quaternary nitrogens is 1. The molecule has 1 unspecified atom stereocenters. The Morgan fingerprint density at radius 2 is 2.35 bits per heavy atom. The highest BCUT2D eigenvalue weighted by Crippen LogP contribution is 2.07. The van der Waals surface area contributed by atoms with Crippen LogP contribution in [0.1, 0.15) is 24.0 Å². The van der Waals surface area contributed by atoms with Gasteiger partial charge in [0, 0.05) is 11.5 Å². The molecule has 0 aromatic heterocycles. The third kappa shape index (κ3) is 3.30. The molecule has 0 bridgehead atoms. The van der Waals surface area contributed by atoms with Crippen LogP contribution in [0.2, 0.25) is 0 Å². The van der Waals surface area contributed by atoms with Crippen molar-refractivity contribution in [3.8, 4) is 0 Å². The van der Waals surface area contributed by atoms with Gasteiger partial charge in [-0.2, -0.15) is 0 Å². The number of carboxylic acid groups (broad SMARTS) is 1. The highest BCUT2D eigenvalue weighted by molar-refractivity contribution is 5.67. The van der Waals surface area contributed by atoms with Gasteiger partial charge in [0.05, 0.1) is 19.1 Å². The maximum atomic E-state index is 10.9. The molecule has 1 aliphatic rings. The van der Waals surface area contributed by atoms with E-state index in [2.05, 4.69) is 31.2 Å². The number of benzene rings is 1. The van der Waals surface area contributed by atoms with Gasteiger partial charge in [-0.25, -0.2) is 0 Å². The highest BCUT2D eigenvalue weighted by Gasteiger charge is 2.23. The molecule has 1 N–H and O–H groups in total. The molecule has 2 rings (SSSR count). The molecular weight excluding hydrogens is 214 g/mol. The van der Waals surface area contributed by atoms with E-state index in [0.717, 1.165) is 25.9 Å². The van der Waals surface area contributed by atoms with Gasteiger partial charge in [-0.05, 0) is 19.8 Å². The zero-order valence-electron chi connectivity index (χ0n) is 10.2. The van der Waals surface area contributed by atoms with E-state index in [9.17, 15) is 9.90 Å². The minimum atomic E-state index is -0.883. The van der Waals surface area contributed by atoms with E-state index in [-0.39, 0.29) is 5.92 Å². The van der Waals surface area contributed by atoms with Crippen molar-refractivity contribution < 1.29 is 14.8 Å². The van der Waals surface area contributed by atoms with Crippen LogP contribution in [0.3, 0.4) is 0 Å². The first-order valence-electron chi connectivity index (χ1n) is 6.25. The molecule has 1 fully saturated rings. The van der Waals surface area contributed by atoms with Crippen molar-refractivity contribution in [3.05, 3.63) is 35.4 Å². The fraction of sp³-hybridized carbons (Fsp3) is 0.500. The van der Waals surface area contributed by atoms with E-state index >= 15 is 0 Å². The summed E-state index contributed by atoms with van der Waals surface area (Å²) in [6.45, 7) is 4.78. The topological polar surface area (TPSA) is 44.6 Å². The van der Waals surface area contributed by atoms with E-state index in [0.29, 0.717) is 6.54 Å². The number of piperidine rings is 1. The van der Waals surface area contributed by atoms with Crippen molar-refractivity contribution >= 4 is 5.97 Å². The summed E-state index contributed by atoms with van der Waals surface area (Å²) in [7, 11) is 0. The Labute approximate surface area is 102 Å². The van der Waals surface area contributed by atoms with Crippen LogP contribution in [-0.4, -0.2) is 19.1 Å². The maximum Gasteiger partial charge on any atom is 0.103 e. The molecule has 1 aromatic carbocycles. The summed E-state index contributed by atoms with van der Waals surface area (Å²) >= 11 is 0. The lowest BCUT2D eigenvalue weighted by Gasteiger charge is -2.30. The van der Waals surface area contributed by atoms with Gasteiger partial charge >= 0.3 is 0 Å². The second-order valence-corrected chi connectivity index (χ2v) is 5.03. The molecule has 1 saturated heterocycles. The van der Waals surface area contributed by atoms with E-state index in [1.165, 1.54) is 16.0 Å². The number of aliphatic carboxylic acids is 1. The molecule has 0 amide bonds. The van der Waals surface area contributed by atoms with Crippen molar-refractivity contribution in [2.75, 3.05) is 13.1 Å². The average Bonchev–Trinajstić information content (AvgIpc) is 2.29. The Kier molecular flexibility index (Phi) is 3.79. The van der Waals surface area contributed by atoms with Crippen LogP contribution in [0.15, 0.2) is 24.3 Å². The van der Waals surface area contributed by atoms with Gasteiger partial charge in [0.15, 0.2) is 0 Å². The van der Waals surface area contributed by atoms with Crippen LogP contribution in [-0.2, 0) is 11.3 Å². The second kappa shape index (κ2) is 5.32. The van der Waals surface area contributed by atoms with Gasteiger partial charge < -0.3 is 14.8 Å². The van der Waals surface area contributed by atoms with E-state index in [1.807, 2.05) is 0 Å². The fourth-order valence-electron chi connectivity index (χ4n) is 2.62. The molecular formula is C14H19NO2. The standard InChI is InChI=1S/C14H19NO2/c1-11-4-2-5-12(8-11)9-15-7-3-6-13(10-15)14(16)17/h2,4-5,8,13H,3,6-7,9-10H2,1H3,(H,16,17)/t13-/m0/s1. The quantitative estimate of drug-likeness (QED) is 0.768. The monoisotopic (exact) mass is 233 g/mol. The van der Waals surface area contributed by atoms with Crippen LogP contribution in [0.5, 0.6) is 0 Å². The van der Waals surface area contributed by atoms with Crippen molar-refractivity contribution in [2.24, 2.45) is 5.92 Å².